The molecule has 6 nitrogen and oxygen atoms in total. The first-order chi connectivity index (χ1) is 12.9. The van der Waals surface area contributed by atoms with Gasteiger partial charge in [-0.25, -0.2) is 8.42 Å². The summed E-state index contributed by atoms with van der Waals surface area (Å²) in [5.74, 6) is -0.317. The van der Waals surface area contributed by atoms with Crippen LogP contribution in [0.2, 0.25) is 0 Å². The Balaban J connectivity index is 1.65. The van der Waals surface area contributed by atoms with Gasteiger partial charge in [0.2, 0.25) is 15.9 Å². The zero-order valence-electron chi connectivity index (χ0n) is 14.9. The molecule has 2 aliphatic heterocycles. The summed E-state index contributed by atoms with van der Waals surface area (Å²) in [5.41, 5.74) is 2.88. The van der Waals surface area contributed by atoms with Crippen LogP contribution < -0.4 is 5.32 Å². The molecule has 0 bridgehead atoms. The molecule has 0 saturated carbocycles. The summed E-state index contributed by atoms with van der Waals surface area (Å²) in [4.78, 5) is 24.6. The zero-order valence-corrected chi connectivity index (χ0v) is 15.8. The lowest BCUT2D eigenvalue weighted by Gasteiger charge is -2.23. The molecule has 1 atom stereocenters. The lowest BCUT2D eigenvalue weighted by Crippen LogP contribution is -2.40. The topological polar surface area (TPSA) is 83.6 Å². The first-order valence-corrected chi connectivity index (χ1v) is 10.4. The highest BCUT2D eigenvalue weighted by Crippen LogP contribution is 2.31. The van der Waals surface area contributed by atoms with E-state index in [0.717, 1.165) is 5.56 Å². The van der Waals surface area contributed by atoms with Crippen LogP contribution in [0.5, 0.6) is 0 Å². The summed E-state index contributed by atoms with van der Waals surface area (Å²) >= 11 is 0. The molecule has 1 unspecified atom stereocenters. The minimum Gasteiger partial charge on any atom is -0.326 e. The molecule has 2 aromatic rings. The van der Waals surface area contributed by atoms with E-state index in [0.29, 0.717) is 36.2 Å². The van der Waals surface area contributed by atoms with Gasteiger partial charge in [0.25, 0.3) is 0 Å². The van der Waals surface area contributed by atoms with Crippen molar-refractivity contribution < 1.29 is 18.0 Å². The van der Waals surface area contributed by atoms with Gasteiger partial charge in [0.05, 0.1) is 17.4 Å². The quantitative estimate of drug-likeness (QED) is 0.821. The predicted molar refractivity (Wildman–Crippen MR) is 101 cm³/mol. The number of nitrogens with one attached hydrogen (secondary N) is 1. The van der Waals surface area contributed by atoms with Crippen molar-refractivity contribution in [3.05, 3.63) is 59.2 Å². The van der Waals surface area contributed by atoms with Crippen LogP contribution in [0, 0.1) is 6.92 Å². The number of anilines is 1. The average molecular weight is 384 g/mol. The molecule has 7 heteroatoms. The summed E-state index contributed by atoms with van der Waals surface area (Å²) in [5, 5.41) is 2.70. The fraction of sp³-hybridized carbons (Fsp3) is 0.300. The Morgan fingerprint density at radius 3 is 2.63 bits per heavy atom. The Morgan fingerprint density at radius 2 is 1.89 bits per heavy atom. The maximum atomic E-state index is 13.2. The van der Waals surface area contributed by atoms with Crippen molar-refractivity contribution in [3.63, 3.8) is 0 Å². The molecule has 1 N–H and O–H groups in total. The molecule has 0 radical (unpaired) electrons. The Kier molecular flexibility index (Phi) is 4.36. The van der Waals surface area contributed by atoms with Crippen molar-refractivity contribution in [3.8, 4) is 0 Å². The van der Waals surface area contributed by atoms with Crippen LogP contribution in [0.25, 0.3) is 0 Å². The first kappa shape index (κ1) is 17.9. The van der Waals surface area contributed by atoms with Gasteiger partial charge in [-0.1, -0.05) is 29.8 Å². The fourth-order valence-corrected chi connectivity index (χ4v) is 5.41. The van der Waals surface area contributed by atoms with Gasteiger partial charge in [0.15, 0.2) is 5.78 Å². The number of fused-ring (bicyclic) bond motifs is 1. The molecule has 0 aliphatic carbocycles. The molecule has 0 spiro atoms. The number of Topliss-reactive ketones (excluding diaryl/α,β-unsaturated/α-hetero) is 1. The normalized spacial score (nSPS) is 19.7. The number of carbonyl (C=O) groups is 2. The van der Waals surface area contributed by atoms with Crippen LogP contribution in [0.4, 0.5) is 5.69 Å². The van der Waals surface area contributed by atoms with E-state index in [4.69, 9.17) is 0 Å². The number of aryl methyl sites for hydroxylation is 1. The number of nitrogens with zero attached hydrogens (tertiary/aromatic N) is 1. The van der Waals surface area contributed by atoms with Crippen LogP contribution >= 0.6 is 0 Å². The van der Waals surface area contributed by atoms with Crippen LogP contribution in [0.3, 0.4) is 0 Å². The molecule has 1 fully saturated rings. The largest absolute Gasteiger partial charge is 0.326 e. The van der Waals surface area contributed by atoms with Crippen molar-refractivity contribution in [1.29, 1.82) is 0 Å². The van der Waals surface area contributed by atoms with Gasteiger partial charge in [0, 0.05) is 17.8 Å². The Hall–Kier alpha value is -2.51. The van der Waals surface area contributed by atoms with Gasteiger partial charge in [-0.05, 0) is 43.5 Å². The third-order valence-corrected chi connectivity index (χ3v) is 7.05. The second-order valence-corrected chi connectivity index (χ2v) is 8.94. The number of amides is 1. The van der Waals surface area contributed by atoms with Crippen LogP contribution in [0.15, 0.2) is 47.4 Å². The summed E-state index contributed by atoms with van der Waals surface area (Å²) in [6, 6.07) is 11.1. The second kappa shape index (κ2) is 6.58. The van der Waals surface area contributed by atoms with Gasteiger partial charge >= 0.3 is 0 Å². The monoisotopic (exact) mass is 384 g/mol. The average Bonchev–Trinajstić information content (AvgIpc) is 3.27. The number of hydrogen-bond donors (Lipinski definition) is 1. The second-order valence-electron chi connectivity index (χ2n) is 7.05. The van der Waals surface area contributed by atoms with E-state index >= 15 is 0 Å². The molecular weight excluding hydrogens is 364 g/mol. The highest BCUT2D eigenvalue weighted by atomic mass is 32.2. The van der Waals surface area contributed by atoms with Crippen LogP contribution in [0.1, 0.15) is 34.3 Å². The minimum atomic E-state index is -3.81. The highest BCUT2D eigenvalue weighted by Gasteiger charge is 2.40. The van der Waals surface area contributed by atoms with E-state index in [-0.39, 0.29) is 23.0 Å². The van der Waals surface area contributed by atoms with Gasteiger partial charge < -0.3 is 5.32 Å². The van der Waals surface area contributed by atoms with Crippen LogP contribution in [-0.2, 0) is 21.2 Å². The first-order valence-electron chi connectivity index (χ1n) is 8.92. The van der Waals surface area contributed by atoms with Gasteiger partial charge in [-0.15, -0.1) is 0 Å². The predicted octanol–water partition coefficient (Wildman–Crippen LogP) is 2.53. The molecule has 4 rings (SSSR count). The summed E-state index contributed by atoms with van der Waals surface area (Å²) < 4.78 is 27.7. The van der Waals surface area contributed by atoms with Crippen molar-refractivity contribution in [2.24, 2.45) is 0 Å². The van der Waals surface area contributed by atoms with E-state index in [1.54, 1.807) is 18.2 Å². The Labute approximate surface area is 158 Å². The van der Waals surface area contributed by atoms with Gasteiger partial charge in [-0.2, -0.15) is 4.31 Å². The van der Waals surface area contributed by atoms with Crippen molar-refractivity contribution in [1.82, 2.24) is 4.31 Å². The maximum absolute atomic E-state index is 13.2. The fourth-order valence-electron chi connectivity index (χ4n) is 3.70. The summed E-state index contributed by atoms with van der Waals surface area (Å²) in [6.07, 6.45) is 1.33. The maximum Gasteiger partial charge on any atom is 0.243 e. The van der Waals surface area contributed by atoms with Gasteiger partial charge in [0.1, 0.15) is 0 Å². The molecule has 0 aromatic heterocycles. The third-order valence-electron chi connectivity index (χ3n) is 5.15. The molecule has 2 aromatic carbocycles. The number of benzene rings is 2. The summed E-state index contributed by atoms with van der Waals surface area (Å²) in [7, 11) is -3.81. The van der Waals surface area contributed by atoms with Crippen molar-refractivity contribution >= 4 is 27.4 Å². The number of rotatable bonds is 4. The SMILES string of the molecule is Cc1ccc(C(=O)C2CCCN2S(=O)(=O)c2ccc3c(c2)CC(=O)N3)cc1. The number of carbonyl (C=O) groups excluding carboxylic acids is 2. The molecule has 140 valence electrons. The molecule has 2 heterocycles. The van der Waals surface area contributed by atoms with Gasteiger partial charge in [-0.3, -0.25) is 9.59 Å². The minimum absolute atomic E-state index is 0.126. The lowest BCUT2D eigenvalue weighted by atomic mass is 10.0. The number of hydrogen-bond acceptors (Lipinski definition) is 4. The Morgan fingerprint density at radius 1 is 1.15 bits per heavy atom. The van der Waals surface area contributed by atoms with Crippen molar-refractivity contribution in [2.45, 2.75) is 37.1 Å². The third kappa shape index (κ3) is 3.17. The molecular formula is C20H20N2O4S. The molecule has 2 aliphatic rings. The molecule has 1 amide bonds. The van der Waals surface area contributed by atoms with E-state index in [1.807, 2.05) is 19.1 Å². The Bertz CT molecular complexity index is 1030. The molecule has 27 heavy (non-hydrogen) atoms. The van der Waals surface area contributed by atoms with Crippen molar-refractivity contribution in [2.75, 3.05) is 11.9 Å². The molecule has 1 saturated heterocycles. The zero-order chi connectivity index (χ0) is 19.2. The van der Waals surface area contributed by atoms with E-state index in [1.165, 1.54) is 16.4 Å². The number of ketones is 1. The number of sulfonamides is 1. The van der Waals surface area contributed by atoms with E-state index in [2.05, 4.69) is 5.32 Å². The highest BCUT2D eigenvalue weighted by molar-refractivity contribution is 7.89. The summed E-state index contributed by atoms with van der Waals surface area (Å²) in [6.45, 7) is 2.26. The standard InChI is InChI=1S/C20H20N2O4S/c1-13-4-6-14(7-5-13)20(24)18-3-2-10-22(18)27(25,26)16-8-9-17-15(11-16)12-19(23)21-17/h4-9,11,18H,2-3,10,12H2,1H3,(H,21,23). The van der Waals surface area contributed by atoms with Crippen LogP contribution in [-0.4, -0.2) is 37.0 Å². The lowest BCUT2D eigenvalue weighted by molar-refractivity contribution is -0.115. The van der Waals surface area contributed by atoms with E-state index < -0.39 is 16.1 Å². The van der Waals surface area contributed by atoms with E-state index in [9.17, 15) is 18.0 Å². The smallest absolute Gasteiger partial charge is 0.243 e.